The average Bonchev–Trinajstić information content (AvgIpc) is 2.48. The van der Waals surface area contributed by atoms with E-state index >= 15 is 0 Å². The fourth-order valence-electron chi connectivity index (χ4n) is 1.54. The lowest BCUT2D eigenvalue weighted by Gasteiger charge is -2.02. The van der Waals surface area contributed by atoms with Crippen LogP contribution in [0.15, 0.2) is 29.6 Å². The van der Waals surface area contributed by atoms with Gasteiger partial charge < -0.3 is 5.73 Å². The summed E-state index contributed by atoms with van der Waals surface area (Å²) in [6.07, 6.45) is 0.976. The average molecular weight is 191 g/mol. The number of rotatable bonds is 2. The van der Waals surface area contributed by atoms with Crippen LogP contribution in [-0.2, 0) is 6.42 Å². The van der Waals surface area contributed by atoms with Crippen LogP contribution in [0.3, 0.4) is 0 Å². The highest BCUT2D eigenvalue weighted by atomic mass is 32.1. The van der Waals surface area contributed by atoms with Gasteiger partial charge in [0.1, 0.15) is 0 Å². The minimum absolute atomic E-state index is 0.248. The zero-order chi connectivity index (χ0) is 9.26. The van der Waals surface area contributed by atoms with Crippen LogP contribution in [0, 0.1) is 0 Å². The Hall–Kier alpha value is -0.860. The Morgan fingerprint density at radius 1 is 1.38 bits per heavy atom. The van der Waals surface area contributed by atoms with Crippen LogP contribution in [0.2, 0.25) is 0 Å². The zero-order valence-electron chi connectivity index (χ0n) is 7.66. The lowest BCUT2D eigenvalue weighted by Crippen LogP contribution is -2.17. The van der Waals surface area contributed by atoms with Gasteiger partial charge in [0, 0.05) is 10.7 Å². The Balaban J connectivity index is 2.46. The molecule has 0 fully saturated rings. The van der Waals surface area contributed by atoms with Crippen molar-refractivity contribution in [1.29, 1.82) is 0 Å². The van der Waals surface area contributed by atoms with E-state index in [1.165, 1.54) is 15.6 Å². The van der Waals surface area contributed by atoms with Crippen LogP contribution < -0.4 is 5.73 Å². The second kappa shape index (κ2) is 3.48. The maximum absolute atomic E-state index is 5.78. The molecule has 0 aliphatic heterocycles. The molecule has 1 aromatic carbocycles. The van der Waals surface area contributed by atoms with E-state index in [2.05, 4.69) is 29.6 Å². The van der Waals surface area contributed by atoms with Crippen molar-refractivity contribution in [1.82, 2.24) is 0 Å². The largest absolute Gasteiger partial charge is 0.328 e. The van der Waals surface area contributed by atoms with Crippen LogP contribution in [0.5, 0.6) is 0 Å². The van der Waals surface area contributed by atoms with Crippen molar-refractivity contribution in [2.45, 2.75) is 19.4 Å². The van der Waals surface area contributed by atoms with Gasteiger partial charge in [-0.2, -0.15) is 0 Å². The van der Waals surface area contributed by atoms with Gasteiger partial charge in [0.2, 0.25) is 0 Å². The first-order chi connectivity index (χ1) is 6.27. The second-order valence-corrected chi connectivity index (χ2v) is 4.35. The first kappa shape index (κ1) is 8.73. The molecule has 0 spiro atoms. The van der Waals surface area contributed by atoms with E-state index in [0.717, 1.165) is 6.42 Å². The first-order valence-corrected chi connectivity index (χ1v) is 5.36. The van der Waals surface area contributed by atoms with Gasteiger partial charge >= 0.3 is 0 Å². The topological polar surface area (TPSA) is 26.0 Å². The highest BCUT2D eigenvalue weighted by molar-refractivity contribution is 7.17. The van der Waals surface area contributed by atoms with E-state index in [4.69, 9.17) is 5.73 Å². The molecular weight excluding hydrogens is 178 g/mol. The lowest BCUT2D eigenvalue weighted by molar-refractivity contribution is 0.743. The normalized spacial score (nSPS) is 13.4. The summed E-state index contributed by atoms with van der Waals surface area (Å²) in [4.78, 5) is 0. The summed E-state index contributed by atoms with van der Waals surface area (Å²) in [7, 11) is 0. The molecule has 1 atom stereocenters. The number of benzene rings is 1. The monoisotopic (exact) mass is 191 g/mol. The fraction of sp³-hybridized carbons (Fsp3) is 0.273. The van der Waals surface area contributed by atoms with Gasteiger partial charge in [-0.25, -0.2) is 0 Å². The van der Waals surface area contributed by atoms with Gasteiger partial charge in [0.15, 0.2) is 0 Å². The van der Waals surface area contributed by atoms with Crippen LogP contribution >= 0.6 is 11.3 Å². The third kappa shape index (κ3) is 1.74. The molecule has 2 rings (SSSR count). The zero-order valence-corrected chi connectivity index (χ0v) is 8.47. The third-order valence-corrected chi connectivity index (χ3v) is 3.12. The number of fused-ring (bicyclic) bond motifs is 1. The molecule has 1 aromatic heterocycles. The standard InChI is InChI=1S/C11H13NS/c1-8(12)6-9-7-13-11-5-3-2-4-10(9)11/h2-5,7-8H,6,12H2,1H3. The predicted octanol–water partition coefficient (Wildman–Crippen LogP) is 2.79. The summed E-state index contributed by atoms with van der Waals surface area (Å²) in [5, 5.41) is 3.58. The van der Waals surface area contributed by atoms with E-state index in [9.17, 15) is 0 Å². The SMILES string of the molecule is CC(N)Cc1csc2ccccc12. The van der Waals surface area contributed by atoms with E-state index in [1.807, 2.05) is 6.92 Å². The molecule has 1 unspecified atom stereocenters. The van der Waals surface area contributed by atoms with E-state index in [1.54, 1.807) is 11.3 Å². The molecule has 1 heterocycles. The number of thiophene rings is 1. The third-order valence-electron chi connectivity index (χ3n) is 2.10. The van der Waals surface area contributed by atoms with Crippen molar-refractivity contribution in [2.24, 2.45) is 5.73 Å². The van der Waals surface area contributed by atoms with Crippen molar-refractivity contribution in [3.05, 3.63) is 35.2 Å². The molecule has 13 heavy (non-hydrogen) atoms. The van der Waals surface area contributed by atoms with Crippen molar-refractivity contribution in [3.63, 3.8) is 0 Å². The lowest BCUT2D eigenvalue weighted by atomic mass is 10.1. The summed E-state index contributed by atoms with van der Waals surface area (Å²) in [5.41, 5.74) is 7.16. The maximum atomic E-state index is 5.78. The quantitative estimate of drug-likeness (QED) is 0.776. The van der Waals surface area contributed by atoms with Crippen molar-refractivity contribution >= 4 is 21.4 Å². The van der Waals surface area contributed by atoms with Crippen molar-refractivity contribution < 1.29 is 0 Å². The first-order valence-electron chi connectivity index (χ1n) is 4.48. The van der Waals surface area contributed by atoms with Gasteiger partial charge in [-0.15, -0.1) is 11.3 Å². The van der Waals surface area contributed by atoms with Gasteiger partial charge in [-0.05, 0) is 35.7 Å². The number of hydrogen-bond acceptors (Lipinski definition) is 2. The molecule has 1 nitrogen and oxygen atoms in total. The van der Waals surface area contributed by atoms with Crippen LogP contribution in [0.1, 0.15) is 12.5 Å². The molecule has 2 heteroatoms. The molecule has 0 aliphatic rings. The maximum Gasteiger partial charge on any atom is 0.0345 e. The van der Waals surface area contributed by atoms with Crippen molar-refractivity contribution in [3.8, 4) is 0 Å². The molecule has 0 aliphatic carbocycles. The Morgan fingerprint density at radius 2 is 2.15 bits per heavy atom. The molecule has 0 bridgehead atoms. The molecule has 2 N–H and O–H groups in total. The van der Waals surface area contributed by atoms with Gasteiger partial charge in [-0.3, -0.25) is 0 Å². The molecule has 0 amide bonds. The molecule has 68 valence electrons. The Morgan fingerprint density at radius 3 is 2.92 bits per heavy atom. The summed E-state index contributed by atoms with van der Waals surface area (Å²) in [6, 6.07) is 8.74. The number of hydrogen-bond donors (Lipinski definition) is 1. The highest BCUT2D eigenvalue weighted by Gasteiger charge is 2.04. The van der Waals surface area contributed by atoms with E-state index < -0.39 is 0 Å². The summed E-state index contributed by atoms with van der Waals surface area (Å²) < 4.78 is 1.36. The highest BCUT2D eigenvalue weighted by Crippen LogP contribution is 2.26. The molecule has 0 saturated heterocycles. The van der Waals surface area contributed by atoms with Crippen LogP contribution in [0.25, 0.3) is 10.1 Å². The molecule has 0 radical (unpaired) electrons. The molecule has 2 aromatic rings. The predicted molar refractivity (Wildman–Crippen MR) is 59.2 cm³/mol. The van der Waals surface area contributed by atoms with E-state index in [-0.39, 0.29) is 6.04 Å². The van der Waals surface area contributed by atoms with Gasteiger partial charge in [0.05, 0.1) is 0 Å². The summed E-state index contributed by atoms with van der Waals surface area (Å²) >= 11 is 1.80. The van der Waals surface area contributed by atoms with Crippen LogP contribution in [0.4, 0.5) is 0 Å². The van der Waals surface area contributed by atoms with Gasteiger partial charge in [0.25, 0.3) is 0 Å². The smallest absolute Gasteiger partial charge is 0.0345 e. The summed E-state index contributed by atoms with van der Waals surface area (Å²) in [6.45, 7) is 2.05. The number of nitrogens with two attached hydrogens (primary N) is 1. The Bertz CT molecular complexity index is 403. The minimum atomic E-state index is 0.248. The fourth-order valence-corrected chi connectivity index (χ4v) is 2.51. The second-order valence-electron chi connectivity index (χ2n) is 3.44. The molecule has 0 saturated carbocycles. The Kier molecular flexibility index (Phi) is 2.34. The summed E-state index contributed by atoms with van der Waals surface area (Å²) in [5.74, 6) is 0. The van der Waals surface area contributed by atoms with Crippen molar-refractivity contribution in [2.75, 3.05) is 0 Å². The molecular formula is C11H13NS. The van der Waals surface area contributed by atoms with Crippen LogP contribution in [-0.4, -0.2) is 6.04 Å². The minimum Gasteiger partial charge on any atom is -0.328 e. The van der Waals surface area contributed by atoms with E-state index in [0.29, 0.717) is 0 Å². The Labute approximate surface area is 82.2 Å². The van der Waals surface area contributed by atoms with Gasteiger partial charge in [-0.1, -0.05) is 18.2 Å².